The lowest BCUT2D eigenvalue weighted by Gasteiger charge is -2.20. The number of nitrogens with zero attached hydrogens (tertiary/aromatic N) is 2. The van der Waals surface area contributed by atoms with Crippen LogP contribution in [-0.2, 0) is 16.1 Å². The van der Waals surface area contributed by atoms with E-state index in [2.05, 4.69) is 10.3 Å². The van der Waals surface area contributed by atoms with Crippen LogP contribution in [0, 0.1) is 5.92 Å². The van der Waals surface area contributed by atoms with Crippen molar-refractivity contribution in [2.75, 3.05) is 6.54 Å². The molecular weight excluding hydrogens is 306 g/mol. The molecule has 1 aliphatic heterocycles. The van der Waals surface area contributed by atoms with Crippen molar-refractivity contribution in [3.05, 3.63) is 42.4 Å². The summed E-state index contributed by atoms with van der Waals surface area (Å²) in [6.45, 7) is 4.60. The summed E-state index contributed by atoms with van der Waals surface area (Å²) in [6.07, 6.45) is 1.92. The summed E-state index contributed by atoms with van der Waals surface area (Å²) in [7, 11) is 0. The number of nitrogens with one attached hydrogen (secondary N) is 1. The van der Waals surface area contributed by atoms with Gasteiger partial charge in [0.2, 0.25) is 17.7 Å². The summed E-state index contributed by atoms with van der Waals surface area (Å²) < 4.78 is 5.66. The highest BCUT2D eigenvalue weighted by atomic mass is 16.4. The average molecular weight is 327 g/mol. The minimum Gasteiger partial charge on any atom is -0.439 e. The normalized spacial score (nSPS) is 17.5. The van der Waals surface area contributed by atoms with E-state index >= 15 is 0 Å². The van der Waals surface area contributed by atoms with Crippen molar-refractivity contribution in [3.8, 4) is 11.3 Å². The van der Waals surface area contributed by atoms with E-state index in [0.29, 0.717) is 18.2 Å². The van der Waals surface area contributed by atoms with E-state index in [1.54, 1.807) is 11.1 Å². The number of amides is 2. The van der Waals surface area contributed by atoms with Gasteiger partial charge in [0.15, 0.2) is 5.76 Å². The van der Waals surface area contributed by atoms with Crippen molar-refractivity contribution >= 4 is 11.8 Å². The number of carbonyl (C=O) groups is 2. The van der Waals surface area contributed by atoms with Crippen molar-refractivity contribution in [2.45, 2.75) is 32.9 Å². The predicted molar refractivity (Wildman–Crippen MR) is 88.7 cm³/mol. The van der Waals surface area contributed by atoms with Gasteiger partial charge >= 0.3 is 0 Å². The van der Waals surface area contributed by atoms with Gasteiger partial charge in [-0.25, -0.2) is 4.98 Å². The van der Waals surface area contributed by atoms with Gasteiger partial charge in [-0.15, -0.1) is 0 Å². The predicted octanol–water partition coefficient (Wildman–Crippen LogP) is 2.21. The van der Waals surface area contributed by atoms with E-state index in [4.69, 9.17) is 4.42 Å². The molecule has 0 bridgehead atoms. The van der Waals surface area contributed by atoms with E-state index < -0.39 is 0 Å². The van der Waals surface area contributed by atoms with Crippen molar-refractivity contribution < 1.29 is 14.0 Å². The van der Waals surface area contributed by atoms with Crippen LogP contribution in [0.4, 0.5) is 0 Å². The third kappa shape index (κ3) is 3.48. The van der Waals surface area contributed by atoms with Gasteiger partial charge in [-0.3, -0.25) is 9.59 Å². The van der Waals surface area contributed by atoms with E-state index in [-0.39, 0.29) is 36.7 Å². The Hall–Kier alpha value is -2.63. The van der Waals surface area contributed by atoms with E-state index in [9.17, 15) is 9.59 Å². The standard InChI is InChI=1S/C18H21N3O3/c1-12(2)21-11-14(8-17(21)22)18(23)20-10-16-19-9-15(24-16)13-6-4-3-5-7-13/h3-7,9,12,14H,8,10-11H2,1-2H3,(H,20,23)/t14-/m1/s1. The molecule has 2 aromatic rings. The second kappa shape index (κ2) is 6.86. The topological polar surface area (TPSA) is 75.4 Å². The minimum atomic E-state index is -0.302. The Balaban J connectivity index is 1.56. The molecule has 0 spiro atoms. The zero-order valence-corrected chi connectivity index (χ0v) is 13.9. The quantitative estimate of drug-likeness (QED) is 0.913. The number of hydrogen-bond donors (Lipinski definition) is 1. The Morgan fingerprint density at radius 1 is 1.38 bits per heavy atom. The molecule has 1 aliphatic rings. The lowest BCUT2D eigenvalue weighted by Crippen LogP contribution is -2.35. The fourth-order valence-electron chi connectivity index (χ4n) is 2.84. The summed E-state index contributed by atoms with van der Waals surface area (Å²) in [5.41, 5.74) is 0.941. The first kappa shape index (κ1) is 16.2. The fraction of sp³-hybridized carbons (Fsp3) is 0.389. The molecular formula is C18H21N3O3. The fourth-order valence-corrected chi connectivity index (χ4v) is 2.84. The Morgan fingerprint density at radius 2 is 2.12 bits per heavy atom. The highest BCUT2D eigenvalue weighted by Crippen LogP contribution is 2.21. The molecule has 1 N–H and O–H groups in total. The van der Waals surface area contributed by atoms with Gasteiger partial charge in [-0.05, 0) is 13.8 Å². The number of aromatic nitrogens is 1. The van der Waals surface area contributed by atoms with E-state index in [0.717, 1.165) is 5.56 Å². The van der Waals surface area contributed by atoms with Gasteiger partial charge in [0.1, 0.15) is 0 Å². The van der Waals surface area contributed by atoms with Gasteiger partial charge in [0.25, 0.3) is 0 Å². The second-order valence-corrected chi connectivity index (χ2v) is 6.24. The van der Waals surface area contributed by atoms with Gasteiger partial charge in [-0.2, -0.15) is 0 Å². The van der Waals surface area contributed by atoms with Crippen LogP contribution in [0.2, 0.25) is 0 Å². The third-order valence-corrected chi connectivity index (χ3v) is 4.18. The molecule has 126 valence electrons. The number of hydrogen-bond acceptors (Lipinski definition) is 4. The zero-order chi connectivity index (χ0) is 17.1. The van der Waals surface area contributed by atoms with Crippen molar-refractivity contribution in [3.63, 3.8) is 0 Å². The molecule has 2 heterocycles. The number of likely N-dealkylation sites (tertiary alicyclic amines) is 1. The molecule has 0 unspecified atom stereocenters. The molecule has 0 saturated carbocycles. The molecule has 6 heteroatoms. The summed E-state index contributed by atoms with van der Waals surface area (Å²) in [4.78, 5) is 30.1. The highest BCUT2D eigenvalue weighted by molar-refractivity contribution is 5.89. The third-order valence-electron chi connectivity index (χ3n) is 4.18. The Morgan fingerprint density at radius 3 is 2.79 bits per heavy atom. The van der Waals surface area contributed by atoms with Crippen LogP contribution in [0.25, 0.3) is 11.3 Å². The maximum atomic E-state index is 12.2. The number of benzene rings is 1. The molecule has 1 atom stereocenters. The first-order valence-electron chi connectivity index (χ1n) is 8.12. The van der Waals surface area contributed by atoms with Crippen LogP contribution >= 0.6 is 0 Å². The van der Waals surface area contributed by atoms with Crippen LogP contribution in [0.5, 0.6) is 0 Å². The average Bonchev–Trinajstić information content (AvgIpc) is 3.20. The van der Waals surface area contributed by atoms with Gasteiger partial charge in [0.05, 0.1) is 18.7 Å². The van der Waals surface area contributed by atoms with Gasteiger partial charge < -0.3 is 14.6 Å². The van der Waals surface area contributed by atoms with Crippen molar-refractivity contribution in [1.29, 1.82) is 0 Å². The van der Waals surface area contributed by atoms with E-state index in [1.165, 1.54) is 0 Å². The molecule has 0 aliphatic carbocycles. The molecule has 0 radical (unpaired) electrons. The maximum absolute atomic E-state index is 12.2. The molecule has 1 aromatic carbocycles. The molecule has 24 heavy (non-hydrogen) atoms. The summed E-state index contributed by atoms with van der Waals surface area (Å²) in [6, 6.07) is 9.79. The number of rotatable bonds is 5. The second-order valence-electron chi connectivity index (χ2n) is 6.24. The Kier molecular flexibility index (Phi) is 4.64. The van der Waals surface area contributed by atoms with Crippen molar-refractivity contribution in [2.24, 2.45) is 5.92 Å². The molecule has 1 aromatic heterocycles. The smallest absolute Gasteiger partial charge is 0.225 e. The van der Waals surface area contributed by atoms with Crippen LogP contribution in [-0.4, -0.2) is 34.3 Å². The minimum absolute atomic E-state index is 0.0348. The monoisotopic (exact) mass is 327 g/mol. The lowest BCUT2D eigenvalue weighted by molar-refractivity contribution is -0.130. The molecule has 3 rings (SSSR count). The Labute approximate surface area is 140 Å². The van der Waals surface area contributed by atoms with Gasteiger partial charge in [-0.1, -0.05) is 30.3 Å². The first-order valence-corrected chi connectivity index (χ1v) is 8.12. The zero-order valence-electron chi connectivity index (χ0n) is 13.9. The molecule has 6 nitrogen and oxygen atoms in total. The summed E-state index contributed by atoms with van der Waals surface area (Å²) in [5.74, 6) is 0.719. The number of oxazole rings is 1. The van der Waals surface area contributed by atoms with E-state index in [1.807, 2.05) is 44.2 Å². The maximum Gasteiger partial charge on any atom is 0.225 e. The Bertz CT molecular complexity index is 724. The molecule has 1 fully saturated rings. The SMILES string of the molecule is CC(C)N1C[C@H](C(=O)NCc2ncc(-c3ccccc3)o2)CC1=O. The van der Waals surface area contributed by atoms with Gasteiger partial charge in [0, 0.05) is 24.6 Å². The van der Waals surface area contributed by atoms with Crippen LogP contribution in [0.1, 0.15) is 26.2 Å². The summed E-state index contributed by atoms with van der Waals surface area (Å²) >= 11 is 0. The largest absolute Gasteiger partial charge is 0.439 e. The first-order chi connectivity index (χ1) is 11.5. The lowest BCUT2D eigenvalue weighted by atomic mass is 10.1. The van der Waals surface area contributed by atoms with Crippen LogP contribution in [0.3, 0.4) is 0 Å². The highest BCUT2D eigenvalue weighted by Gasteiger charge is 2.35. The molecule has 2 amide bonds. The van der Waals surface area contributed by atoms with Crippen molar-refractivity contribution in [1.82, 2.24) is 15.2 Å². The molecule has 1 saturated heterocycles. The van der Waals surface area contributed by atoms with Crippen LogP contribution < -0.4 is 5.32 Å². The summed E-state index contributed by atoms with van der Waals surface area (Å²) in [5, 5.41) is 2.81. The number of carbonyl (C=O) groups excluding carboxylic acids is 2. The van der Waals surface area contributed by atoms with Crippen LogP contribution in [0.15, 0.2) is 40.9 Å².